The molecule has 0 unspecified atom stereocenters. The Morgan fingerprint density at radius 1 is 0.667 bits per heavy atom. The van der Waals surface area contributed by atoms with Crippen LogP contribution in [0, 0.1) is 0 Å². The van der Waals surface area contributed by atoms with Gasteiger partial charge in [-0.1, -0.05) is 70.4 Å². The maximum atomic E-state index is 9.80. The van der Waals surface area contributed by atoms with Gasteiger partial charge in [0, 0.05) is 6.61 Å². The summed E-state index contributed by atoms with van der Waals surface area (Å²) in [6.07, 6.45) is 15.6. The van der Waals surface area contributed by atoms with Gasteiger partial charge in [-0.15, -0.1) is 0 Å². The quantitative estimate of drug-likeness (QED) is 0.317. The molecule has 0 radical (unpaired) electrons. The van der Waals surface area contributed by atoms with Gasteiger partial charge >= 0.3 is 0 Å². The SMILES string of the molecule is CCCCCCCCCC[C@H](O)/C=C/[C@@H](O)CCCCO. The van der Waals surface area contributed by atoms with Crippen LogP contribution in [0.5, 0.6) is 0 Å². The molecule has 0 aliphatic heterocycles. The third kappa shape index (κ3) is 15.8. The molecule has 0 aliphatic rings. The Labute approximate surface area is 131 Å². The maximum absolute atomic E-state index is 9.80. The van der Waals surface area contributed by atoms with E-state index in [1.54, 1.807) is 12.2 Å². The Kier molecular flexibility index (Phi) is 15.7. The van der Waals surface area contributed by atoms with Gasteiger partial charge in [-0.2, -0.15) is 0 Å². The minimum absolute atomic E-state index is 0.178. The monoisotopic (exact) mass is 300 g/mol. The minimum Gasteiger partial charge on any atom is -0.396 e. The van der Waals surface area contributed by atoms with E-state index in [9.17, 15) is 10.2 Å². The van der Waals surface area contributed by atoms with Crippen molar-refractivity contribution in [3.05, 3.63) is 12.2 Å². The normalized spacial score (nSPS) is 14.7. The number of hydrogen-bond donors (Lipinski definition) is 3. The first kappa shape index (κ1) is 20.6. The van der Waals surface area contributed by atoms with Gasteiger partial charge in [-0.05, 0) is 25.7 Å². The third-order valence-corrected chi connectivity index (χ3v) is 3.82. The van der Waals surface area contributed by atoms with Crippen LogP contribution in [0.1, 0.15) is 84.0 Å². The summed E-state index contributed by atoms with van der Waals surface area (Å²) in [5, 5.41) is 28.1. The van der Waals surface area contributed by atoms with Gasteiger partial charge < -0.3 is 15.3 Å². The van der Waals surface area contributed by atoms with Gasteiger partial charge in [0.15, 0.2) is 0 Å². The average molecular weight is 300 g/mol. The van der Waals surface area contributed by atoms with Crippen LogP contribution in [0.3, 0.4) is 0 Å². The van der Waals surface area contributed by atoms with E-state index < -0.39 is 12.2 Å². The second-order valence-corrected chi connectivity index (χ2v) is 6.00. The van der Waals surface area contributed by atoms with Crippen molar-refractivity contribution in [1.29, 1.82) is 0 Å². The molecule has 21 heavy (non-hydrogen) atoms. The molecular formula is C18H36O3. The predicted molar refractivity (Wildman–Crippen MR) is 89.3 cm³/mol. The highest BCUT2D eigenvalue weighted by Gasteiger charge is 2.02. The van der Waals surface area contributed by atoms with Gasteiger partial charge in [-0.3, -0.25) is 0 Å². The van der Waals surface area contributed by atoms with E-state index in [1.165, 1.54) is 44.9 Å². The molecule has 0 aromatic rings. The fourth-order valence-electron chi connectivity index (χ4n) is 2.40. The molecule has 126 valence electrons. The molecule has 3 nitrogen and oxygen atoms in total. The zero-order valence-electron chi connectivity index (χ0n) is 13.8. The van der Waals surface area contributed by atoms with Crippen molar-refractivity contribution >= 4 is 0 Å². The summed E-state index contributed by atoms with van der Waals surface area (Å²) in [6.45, 7) is 2.41. The summed E-state index contributed by atoms with van der Waals surface area (Å²) in [7, 11) is 0. The standard InChI is InChI=1S/C18H36O3/c1-2-3-4-5-6-7-8-9-12-17(20)14-15-18(21)13-10-11-16-19/h14-15,17-21H,2-13,16H2,1H3/b15-14+/t17-,18-/m0/s1. The van der Waals surface area contributed by atoms with E-state index in [-0.39, 0.29) is 6.61 Å². The lowest BCUT2D eigenvalue weighted by Crippen LogP contribution is -2.07. The topological polar surface area (TPSA) is 60.7 Å². The summed E-state index contributed by atoms with van der Waals surface area (Å²) in [6, 6.07) is 0. The first-order valence-corrected chi connectivity index (χ1v) is 8.86. The Balaban J connectivity index is 3.42. The summed E-state index contributed by atoms with van der Waals surface area (Å²) < 4.78 is 0. The molecule has 0 saturated carbocycles. The molecule has 0 aliphatic carbocycles. The van der Waals surface area contributed by atoms with Crippen molar-refractivity contribution in [2.45, 2.75) is 96.2 Å². The first-order valence-electron chi connectivity index (χ1n) is 8.86. The summed E-state index contributed by atoms with van der Waals surface area (Å²) in [5.74, 6) is 0. The lowest BCUT2D eigenvalue weighted by atomic mass is 10.0. The molecule has 0 spiro atoms. The van der Waals surface area contributed by atoms with Crippen LogP contribution in [-0.2, 0) is 0 Å². The van der Waals surface area contributed by atoms with Gasteiger partial charge in [-0.25, -0.2) is 0 Å². The van der Waals surface area contributed by atoms with Gasteiger partial charge in [0.1, 0.15) is 0 Å². The molecule has 0 aromatic carbocycles. The zero-order chi connectivity index (χ0) is 15.8. The highest BCUT2D eigenvalue weighted by atomic mass is 16.3. The van der Waals surface area contributed by atoms with Crippen LogP contribution >= 0.6 is 0 Å². The summed E-state index contributed by atoms with van der Waals surface area (Å²) >= 11 is 0. The molecule has 0 fully saturated rings. The second kappa shape index (κ2) is 16.0. The number of rotatable bonds is 15. The summed E-state index contributed by atoms with van der Waals surface area (Å²) in [5.41, 5.74) is 0. The van der Waals surface area contributed by atoms with Gasteiger partial charge in [0.2, 0.25) is 0 Å². The van der Waals surface area contributed by atoms with Crippen LogP contribution in [0.15, 0.2) is 12.2 Å². The van der Waals surface area contributed by atoms with Crippen LogP contribution in [0.4, 0.5) is 0 Å². The van der Waals surface area contributed by atoms with Crippen molar-refractivity contribution in [3.63, 3.8) is 0 Å². The lowest BCUT2D eigenvalue weighted by molar-refractivity contribution is 0.189. The van der Waals surface area contributed by atoms with E-state index >= 15 is 0 Å². The molecule has 0 amide bonds. The van der Waals surface area contributed by atoms with Crippen LogP contribution in [-0.4, -0.2) is 34.1 Å². The smallest absolute Gasteiger partial charge is 0.0721 e. The van der Waals surface area contributed by atoms with E-state index in [4.69, 9.17) is 5.11 Å². The Bertz CT molecular complexity index is 229. The third-order valence-electron chi connectivity index (χ3n) is 3.82. The highest BCUT2D eigenvalue weighted by molar-refractivity contribution is 4.93. The predicted octanol–water partition coefficient (Wildman–Crippen LogP) is 3.96. The first-order chi connectivity index (χ1) is 10.2. The molecule has 2 atom stereocenters. The van der Waals surface area contributed by atoms with E-state index in [0.29, 0.717) is 6.42 Å². The molecule has 3 N–H and O–H groups in total. The molecule has 0 rings (SSSR count). The highest BCUT2D eigenvalue weighted by Crippen LogP contribution is 2.11. The minimum atomic E-state index is -0.496. The van der Waals surface area contributed by atoms with Crippen molar-refractivity contribution < 1.29 is 15.3 Å². The lowest BCUT2D eigenvalue weighted by Gasteiger charge is -2.08. The van der Waals surface area contributed by atoms with E-state index in [0.717, 1.165) is 25.7 Å². The Morgan fingerprint density at radius 3 is 1.57 bits per heavy atom. The maximum Gasteiger partial charge on any atom is 0.0721 e. The Hall–Kier alpha value is -0.380. The fourth-order valence-corrected chi connectivity index (χ4v) is 2.40. The van der Waals surface area contributed by atoms with Crippen molar-refractivity contribution in [3.8, 4) is 0 Å². The van der Waals surface area contributed by atoms with Gasteiger partial charge in [0.05, 0.1) is 12.2 Å². The largest absolute Gasteiger partial charge is 0.396 e. The van der Waals surface area contributed by atoms with Crippen molar-refractivity contribution in [1.82, 2.24) is 0 Å². The van der Waals surface area contributed by atoms with Crippen LogP contribution < -0.4 is 0 Å². The average Bonchev–Trinajstić information content (AvgIpc) is 2.48. The number of aliphatic hydroxyl groups is 3. The fraction of sp³-hybridized carbons (Fsp3) is 0.889. The second-order valence-electron chi connectivity index (χ2n) is 6.00. The van der Waals surface area contributed by atoms with Crippen molar-refractivity contribution in [2.75, 3.05) is 6.61 Å². The van der Waals surface area contributed by atoms with E-state index in [2.05, 4.69) is 6.92 Å². The molecular weight excluding hydrogens is 264 g/mol. The molecule has 3 heteroatoms. The molecule has 0 bridgehead atoms. The van der Waals surface area contributed by atoms with Crippen LogP contribution in [0.2, 0.25) is 0 Å². The molecule has 0 heterocycles. The number of unbranched alkanes of at least 4 members (excludes halogenated alkanes) is 8. The zero-order valence-corrected chi connectivity index (χ0v) is 13.8. The van der Waals surface area contributed by atoms with Crippen LogP contribution in [0.25, 0.3) is 0 Å². The molecule has 0 aromatic heterocycles. The van der Waals surface area contributed by atoms with Gasteiger partial charge in [0.25, 0.3) is 0 Å². The number of aliphatic hydroxyl groups excluding tert-OH is 3. The molecule has 0 saturated heterocycles. The van der Waals surface area contributed by atoms with Crippen molar-refractivity contribution in [2.24, 2.45) is 0 Å². The van der Waals surface area contributed by atoms with E-state index in [1.807, 2.05) is 0 Å². The summed E-state index contributed by atoms with van der Waals surface area (Å²) in [4.78, 5) is 0. The Morgan fingerprint density at radius 2 is 1.10 bits per heavy atom. The number of hydrogen-bond acceptors (Lipinski definition) is 3.